The Labute approximate surface area is 215 Å². The van der Waals surface area contributed by atoms with Gasteiger partial charge in [-0.05, 0) is 86.0 Å². The molecule has 6 nitrogen and oxygen atoms in total. The van der Waals surface area contributed by atoms with E-state index in [4.69, 9.17) is 32.5 Å². The first-order chi connectivity index (χ1) is 17.0. The van der Waals surface area contributed by atoms with E-state index < -0.39 is 0 Å². The van der Waals surface area contributed by atoms with Gasteiger partial charge >= 0.3 is 0 Å². The van der Waals surface area contributed by atoms with Crippen LogP contribution in [0.25, 0.3) is 6.08 Å². The van der Waals surface area contributed by atoms with E-state index in [1.165, 1.54) is 43.8 Å². The Morgan fingerprint density at radius 2 is 1.94 bits per heavy atom. The molecule has 2 heterocycles. The van der Waals surface area contributed by atoms with Crippen LogP contribution in [0, 0.1) is 12.3 Å². The van der Waals surface area contributed by atoms with Crippen molar-refractivity contribution in [2.45, 2.75) is 26.2 Å². The van der Waals surface area contributed by atoms with Crippen molar-refractivity contribution in [3.63, 3.8) is 0 Å². The van der Waals surface area contributed by atoms with E-state index in [2.05, 4.69) is 23.0 Å². The summed E-state index contributed by atoms with van der Waals surface area (Å²) in [6, 6.07) is 11.7. The van der Waals surface area contributed by atoms with E-state index in [1.54, 1.807) is 23.1 Å². The molecule has 0 N–H and O–H groups in total. The molecule has 182 valence electrons. The number of carbonyl (C=O) groups is 1. The van der Waals surface area contributed by atoms with Gasteiger partial charge in [-0.25, -0.2) is 4.99 Å². The molecule has 0 aromatic heterocycles. The maximum atomic E-state index is 13.1. The smallest absolute Gasteiger partial charge is 0.266 e. The number of hydrogen-bond acceptors (Lipinski definition) is 6. The van der Waals surface area contributed by atoms with Crippen LogP contribution in [0.3, 0.4) is 0 Å². The molecule has 2 aliphatic rings. The van der Waals surface area contributed by atoms with Crippen LogP contribution in [-0.4, -0.2) is 49.3 Å². The van der Waals surface area contributed by atoms with Crippen molar-refractivity contribution in [1.29, 1.82) is 0 Å². The molecule has 35 heavy (non-hydrogen) atoms. The number of benzene rings is 2. The maximum Gasteiger partial charge on any atom is 0.266 e. The van der Waals surface area contributed by atoms with Gasteiger partial charge in [0.05, 0.1) is 22.7 Å². The summed E-state index contributed by atoms with van der Waals surface area (Å²) < 4.78 is 10.9. The number of terminal acetylenes is 1. The van der Waals surface area contributed by atoms with Crippen LogP contribution in [0.5, 0.6) is 11.5 Å². The third-order valence-corrected chi connectivity index (χ3v) is 7.14. The average Bonchev–Trinajstić information content (AvgIpc) is 3.17. The Morgan fingerprint density at radius 1 is 1.20 bits per heavy atom. The number of anilines is 1. The monoisotopic (exact) mass is 509 g/mol. The number of halogens is 1. The summed E-state index contributed by atoms with van der Waals surface area (Å²) in [5.41, 5.74) is 2.76. The standard InChI is InChI=1S/C27H28ClN3O3S/c1-4-15-34-25-22(28)16-19(17-23(25)33-3)18-24-26(32)31(5-2)27(35-24)29-20-9-11-21(12-10-20)30-13-7-6-8-14-30/h1,9-12,16-18H,5-8,13-15H2,2-3H3/b24-18-,29-27?. The van der Waals surface area contributed by atoms with Crippen molar-refractivity contribution in [1.82, 2.24) is 4.90 Å². The second kappa shape index (κ2) is 11.6. The highest BCUT2D eigenvalue weighted by Crippen LogP contribution is 2.39. The van der Waals surface area contributed by atoms with Crippen LogP contribution in [0.15, 0.2) is 46.3 Å². The van der Waals surface area contributed by atoms with Crippen LogP contribution >= 0.6 is 23.4 Å². The summed E-state index contributed by atoms with van der Waals surface area (Å²) in [5, 5.41) is 1.01. The molecule has 8 heteroatoms. The normalized spacial score (nSPS) is 18.3. The van der Waals surface area contributed by atoms with Gasteiger partial charge in [0.25, 0.3) is 5.91 Å². The first kappa shape index (κ1) is 25.0. The fourth-order valence-electron chi connectivity index (χ4n) is 4.10. The lowest BCUT2D eigenvalue weighted by atomic mass is 10.1. The topological polar surface area (TPSA) is 54.4 Å². The van der Waals surface area contributed by atoms with Gasteiger partial charge in [-0.2, -0.15) is 0 Å². The molecule has 2 saturated heterocycles. The summed E-state index contributed by atoms with van der Waals surface area (Å²) in [6.45, 7) is 4.74. The summed E-state index contributed by atoms with van der Waals surface area (Å²) in [5.74, 6) is 3.15. The highest BCUT2D eigenvalue weighted by atomic mass is 35.5. The third kappa shape index (κ3) is 5.77. The van der Waals surface area contributed by atoms with E-state index in [-0.39, 0.29) is 12.5 Å². The number of hydrogen-bond donors (Lipinski definition) is 0. The Balaban J connectivity index is 1.57. The lowest BCUT2D eigenvalue weighted by Gasteiger charge is -2.28. The van der Waals surface area contributed by atoms with E-state index in [9.17, 15) is 4.79 Å². The summed E-state index contributed by atoms with van der Waals surface area (Å²) >= 11 is 7.75. The zero-order valence-corrected chi connectivity index (χ0v) is 21.5. The Morgan fingerprint density at radius 3 is 2.60 bits per heavy atom. The quantitative estimate of drug-likeness (QED) is 0.340. The van der Waals surface area contributed by atoms with Gasteiger partial charge in [0.15, 0.2) is 16.7 Å². The SMILES string of the molecule is C#CCOc1c(Cl)cc(/C=C2\SC(=Nc3ccc(N4CCCCC4)cc3)N(CC)C2=O)cc1OC. The van der Waals surface area contributed by atoms with Crippen molar-refractivity contribution < 1.29 is 14.3 Å². The summed E-state index contributed by atoms with van der Waals surface area (Å²) in [6.07, 6.45) is 10.8. The van der Waals surface area contributed by atoms with Crippen LogP contribution in [0.1, 0.15) is 31.7 Å². The van der Waals surface area contributed by atoms with Gasteiger partial charge in [0.2, 0.25) is 0 Å². The van der Waals surface area contributed by atoms with E-state index in [0.717, 1.165) is 24.3 Å². The van der Waals surface area contributed by atoms with Gasteiger partial charge in [-0.3, -0.25) is 9.69 Å². The zero-order valence-electron chi connectivity index (χ0n) is 19.9. The molecule has 0 spiro atoms. The summed E-state index contributed by atoms with van der Waals surface area (Å²) in [4.78, 5) is 22.5. The molecule has 2 fully saturated rings. The molecule has 2 aromatic rings. The molecule has 2 aliphatic heterocycles. The molecule has 0 radical (unpaired) electrons. The number of nitrogens with zero attached hydrogens (tertiary/aromatic N) is 3. The molecule has 4 rings (SSSR count). The molecule has 0 aliphatic carbocycles. The number of amidine groups is 1. The predicted octanol–water partition coefficient (Wildman–Crippen LogP) is 5.97. The first-order valence-corrected chi connectivity index (χ1v) is 12.8. The molecular weight excluding hydrogens is 482 g/mol. The Bertz CT molecular complexity index is 1180. The van der Waals surface area contributed by atoms with Gasteiger partial charge < -0.3 is 14.4 Å². The minimum absolute atomic E-state index is 0.0785. The molecule has 1 amide bonds. The van der Waals surface area contributed by atoms with Gasteiger partial charge in [-0.15, -0.1) is 6.42 Å². The molecule has 0 bridgehead atoms. The van der Waals surface area contributed by atoms with Crippen molar-refractivity contribution in [2.24, 2.45) is 4.99 Å². The summed E-state index contributed by atoms with van der Waals surface area (Å²) in [7, 11) is 1.53. The number of rotatable bonds is 7. The van der Waals surface area contributed by atoms with Crippen LogP contribution in [-0.2, 0) is 4.79 Å². The highest BCUT2D eigenvalue weighted by molar-refractivity contribution is 8.18. The lowest BCUT2D eigenvalue weighted by molar-refractivity contribution is -0.122. The van der Waals surface area contributed by atoms with E-state index >= 15 is 0 Å². The molecule has 2 aromatic carbocycles. The average molecular weight is 510 g/mol. The van der Waals surface area contributed by atoms with Crippen molar-refractivity contribution in [3.8, 4) is 23.8 Å². The number of likely N-dealkylation sites (N-methyl/N-ethyl adjacent to an activating group) is 1. The number of amides is 1. The lowest BCUT2D eigenvalue weighted by Crippen LogP contribution is -2.29. The van der Waals surface area contributed by atoms with Crippen molar-refractivity contribution in [3.05, 3.63) is 51.9 Å². The second-order valence-corrected chi connectivity index (χ2v) is 9.56. The number of thioether (sulfide) groups is 1. The maximum absolute atomic E-state index is 13.1. The zero-order chi connectivity index (χ0) is 24.8. The first-order valence-electron chi connectivity index (χ1n) is 11.6. The fraction of sp³-hybridized carbons (Fsp3) is 0.333. The van der Waals surface area contributed by atoms with Crippen LogP contribution < -0.4 is 14.4 Å². The van der Waals surface area contributed by atoms with E-state index in [1.807, 2.05) is 19.1 Å². The van der Waals surface area contributed by atoms with Crippen molar-refractivity contribution >= 4 is 51.9 Å². The fourth-order valence-corrected chi connectivity index (χ4v) is 5.44. The van der Waals surface area contributed by atoms with Gasteiger partial charge in [0, 0.05) is 25.3 Å². The van der Waals surface area contributed by atoms with Gasteiger partial charge in [-0.1, -0.05) is 17.5 Å². The van der Waals surface area contributed by atoms with Crippen molar-refractivity contribution in [2.75, 3.05) is 38.3 Å². The minimum Gasteiger partial charge on any atom is -0.493 e. The second-order valence-electron chi connectivity index (χ2n) is 8.15. The number of ether oxygens (including phenoxy) is 2. The highest BCUT2D eigenvalue weighted by Gasteiger charge is 2.32. The third-order valence-electron chi connectivity index (χ3n) is 5.85. The number of aliphatic imine (C=N–C) groups is 1. The van der Waals surface area contributed by atoms with E-state index in [0.29, 0.717) is 33.1 Å². The Kier molecular flexibility index (Phi) is 8.27. The van der Waals surface area contributed by atoms with Crippen LogP contribution in [0.2, 0.25) is 5.02 Å². The molecule has 0 atom stereocenters. The number of piperidine rings is 1. The molecule has 0 unspecified atom stereocenters. The van der Waals surface area contributed by atoms with Gasteiger partial charge in [0.1, 0.15) is 6.61 Å². The molecule has 0 saturated carbocycles. The minimum atomic E-state index is -0.0936. The Hall–Kier alpha value is -3.08. The van der Waals surface area contributed by atoms with Crippen LogP contribution in [0.4, 0.5) is 11.4 Å². The predicted molar refractivity (Wildman–Crippen MR) is 145 cm³/mol. The number of methoxy groups -OCH3 is 1. The number of carbonyl (C=O) groups excluding carboxylic acids is 1. The largest absolute Gasteiger partial charge is 0.493 e. The molecular formula is C27H28ClN3O3S.